The lowest BCUT2D eigenvalue weighted by Crippen LogP contribution is -2.45. The first-order valence-corrected chi connectivity index (χ1v) is 32.1. The fraction of sp³-hybridized carbons (Fsp3) is 0.908. The summed E-state index contributed by atoms with van der Waals surface area (Å²) in [5.74, 6) is -0.0324. The number of unbranched alkanes of at least 4 members (excludes halogenated alkanes) is 45. The van der Waals surface area contributed by atoms with Gasteiger partial charge in [0.15, 0.2) is 0 Å². The molecular formula is C65H125NO5. The molecule has 0 radical (unpaired) electrons. The van der Waals surface area contributed by atoms with Gasteiger partial charge in [-0.05, 0) is 57.8 Å². The molecule has 0 heterocycles. The van der Waals surface area contributed by atoms with Crippen LogP contribution >= 0.6 is 0 Å². The van der Waals surface area contributed by atoms with Crippen LogP contribution in [0.2, 0.25) is 0 Å². The maximum absolute atomic E-state index is 12.5. The number of hydrogen-bond donors (Lipinski definition) is 3. The third-order valence-corrected chi connectivity index (χ3v) is 15.0. The molecule has 420 valence electrons. The van der Waals surface area contributed by atoms with Gasteiger partial charge in [-0.2, -0.15) is 0 Å². The quantitative estimate of drug-likeness (QED) is 0.0320. The first-order valence-electron chi connectivity index (χ1n) is 32.1. The second-order valence-corrected chi connectivity index (χ2v) is 22.1. The number of carbonyl (C=O) groups is 2. The van der Waals surface area contributed by atoms with E-state index in [4.69, 9.17) is 4.74 Å². The van der Waals surface area contributed by atoms with Gasteiger partial charge in [-0.3, -0.25) is 9.59 Å². The number of hydrogen-bond acceptors (Lipinski definition) is 5. The van der Waals surface area contributed by atoms with Gasteiger partial charge in [-0.25, -0.2) is 0 Å². The van der Waals surface area contributed by atoms with E-state index in [2.05, 4.69) is 43.5 Å². The number of carbonyl (C=O) groups excluding carboxylic acids is 2. The summed E-state index contributed by atoms with van der Waals surface area (Å²) < 4.78 is 5.49. The van der Waals surface area contributed by atoms with E-state index < -0.39 is 12.1 Å². The normalized spacial score (nSPS) is 12.7. The van der Waals surface area contributed by atoms with Crippen LogP contribution in [0.15, 0.2) is 24.3 Å². The van der Waals surface area contributed by atoms with Crippen molar-refractivity contribution in [2.45, 2.75) is 366 Å². The topological polar surface area (TPSA) is 95.9 Å². The van der Waals surface area contributed by atoms with E-state index >= 15 is 0 Å². The zero-order valence-corrected chi connectivity index (χ0v) is 48.0. The van der Waals surface area contributed by atoms with Gasteiger partial charge in [0.05, 0.1) is 25.4 Å². The van der Waals surface area contributed by atoms with Gasteiger partial charge in [0.1, 0.15) is 0 Å². The largest absolute Gasteiger partial charge is 0.466 e. The fourth-order valence-electron chi connectivity index (χ4n) is 10.1. The lowest BCUT2D eigenvalue weighted by Gasteiger charge is -2.22. The number of allylic oxidation sites excluding steroid dienone is 4. The van der Waals surface area contributed by atoms with Gasteiger partial charge in [0.25, 0.3) is 0 Å². The van der Waals surface area contributed by atoms with E-state index in [0.717, 1.165) is 44.9 Å². The molecule has 0 rings (SSSR count). The first kappa shape index (κ1) is 69.3. The summed E-state index contributed by atoms with van der Waals surface area (Å²) in [5.41, 5.74) is 0. The van der Waals surface area contributed by atoms with E-state index in [-0.39, 0.29) is 18.5 Å². The average molecular weight is 1000 g/mol. The first-order chi connectivity index (χ1) is 35.0. The summed E-state index contributed by atoms with van der Waals surface area (Å²) in [6.07, 6.45) is 74.8. The standard InChI is InChI=1S/C65H125NO5/c1-3-5-7-9-11-13-15-17-19-31-35-39-43-47-51-55-59-65(70)71-60-56-52-48-44-40-36-32-28-26-24-22-20-21-23-25-27-30-34-38-42-46-50-54-58-64(69)66-62(61-67)63(68)57-53-49-45-41-37-33-29-18-16-14-12-10-8-6-4-2/h20,22-23,25,62-63,67-68H,3-19,21,24,26-61H2,1-2H3,(H,66,69)/b22-20-,25-23-. The maximum atomic E-state index is 12.5. The average Bonchev–Trinajstić information content (AvgIpc) is 3.37. The third kappa shape index (κ3) is 57.5. The Bertz CT molecular complexity index is 1110. The van der Waals surface area contributed by atoms with Gasteiger partial charge >= 0.3 is 5.97 Å². The van der Waals surface area contributed by atoms with Gasteiger partial charge in [0, 0.05) is 12.8 Å². The van der Waals surface area contributed by atoms with E-state index in [1.165, 1.54) is 276 Å². The second-order valence-electron chi connectivity index (χ2n) is 22.1. The molecule has 0 aromatic heterocycles. The third-order valence-electron chi connectivity index (χ3n) is 15.0. The van der Waals surface area contributed by atoms with Crippen LogP contribution in [-0.2, 0) is 14.3 Å². The van der Waals surface area contributed by atoms with Crippen LogP contribution in [0, 0.1) is 0 Å². The van der Waals surface area contributed by atoms with Crippen LogP contribution in [0.3, 0.4) is 0 Å². The summed E-state index contributed by atoms with van der Waals surface area (Å²) in [7, 11) is 0. The zero-order chi connectivity index (χ0) is 51.4. The van der Waals surface area contributed by atoms with E-state index in [1.54, 1.807) is 0 Å². The molecule has 3 N–H and O–H groups in total. The van der Waals surface area contributed by atoms with Crippen LogP contribution in [0.25, 0.3) is 0 Å². The van der Waals surface area contributed by atoms with Crippen molar-refractivity contribution < 1.29 is 24.5 Å². The van der Waals surface area contributed by atoms with Gasteiger partial charge in [-0.15, -0.1) is 0 Å². The summed E-state index contributed by atoms with van der Waals surface area (Å²) >= 11 is 0. The molecule has 1 amide bonds. The minimum absolute atomic E-state index is 0.0110. The van der Waals surface area contributed by atoms with E-state index in [0.29, 0.717) is 25.9 Å². The molecule has 0 aliphatic heterocycles. The molecule has 0 spiro atoms. The van der Waals surface area contributed by atoms with Crippen molar-refractivity contribution in [1.29, 1.82) is 0 Å². The Morgan fingerprint density at radius 2 is 0.704 bits per heavy atom. The number of amides is 1. The Kier molecular flexibility index (Phi) is 59.5. The van der Waals surface area contributed by atoms with Crippen molar-refractivity contribution in [3.8, 4) is 0 Å². The summed E-state index contributed by atoms with van der Waals surface area (Å²) in [6, 6.07) is -0.549. The lowest BCUT2D eigenvalue weighted by molar-refractivity contribution is -0.143. The second kappa shape index (κ2) is 60.9. The Balaban J connectivity index is 3.43. The molecule has 0 aliphatic rings. The highest BCUT2D eigenvalue weighted by Crippen LogP contribution is 2.18. The molecule has 0 bridgehead atoms. The summed E-state index contributed by atoms with van der Waals surface area (Å²) in [6.45, 7) is 4.97. The van der Waals surface area contributed by atoms with Crippen molar-refractivity contribution >= 4 is 11.9 Å². The molecule has 6 nitrogen and oxygen atoms in total. The van der Waals surface area contributed by atoms with Crippen molar-refractivity contribution in [1.82, 2.24) is 5.32 Å². The van der Waals surface area contributed by atoms with Crippen LogP contribution in [-0.4, -0.2) is 47.4 Å². The predicted octanol–water partition coefficient (Wildman–Crippen LogP) is 20.2. The maximum Gasteiger partial charge on any atom is 0.305 e. The summed E-state index contributed by atoms with van der Waals surface area (Å²) in [4.78, 5) is 24.6. The molecule has 0 saturated carbocycles. The van der Waals surface area contributed by atoms with Gasteiger partial charge in [0.2, 0.25) is 5.91 Å². The van der Waals surface area contributed by atoms with Crippen LogP contribution < -0.4 is 5.32 Å². The molecule has 0 aromatic carbocycles. The Morgan fingerprint density at radius 1 is 0.394 bits per heavy atom. The number of ether oxygens (including phenoxy) is 1. The highest BCUT2D eigenvalue weighted by atomic mass is 16.5. The van der Waals surface area contributed by atoms with Crippen LogP contribution in [0.1, 0.15) is 354 Å². The number of aliphatic hydroxyl groups excluding tert-OH is 2. The summed E-state index contributed by atoms with van der Waals surface area (Å²) in [5, 5.41) is 23.3. The van der Waals surface area contributed by atoms with Crippen LogP contribution in [0.5, 0.6) is 0 Å². The SMILES string of the molecule is CCCCCCCCCCCCCCCCCCC(=O)OCCCCCCCCCCC/C=C\C/C=C\CCCCCCCCCC(=O)NC(CO)C(O)CCCCCCCCCCCCCCCCC. The molecule has 0 saturated heterocycles. The minimum atomic E-state index is -0.670. The number of rotatable bonds is 60. The van der Waals surface area contributed by atoms with Crippen LogP contribution in [0.4, 0.5) is 0 Å². The minimum Gasteiger partial charge on any atom is -0.466 e. The highest BCUT2D eigenvalue weighted by Gasteiger charge is 2.20. The number of nitrogens with one attached hydrogen (secondary N) is 1. The number of aliphatic hydroxyl groups is 2. The van der Waals surface area contributed by atoms with Gasteiger partial charge < -0.3 is 20.3 Å². The predicted molar refractivity (Wildman–Crippen MR) is 310 cm³/mol. The van der Waals surface area contributed by atoms with Crippen molar-refractivity contribution in [3.05, 3.63) is 24.3 Å². The fourth-order valence-corrected chi connectivity index (χ4v) is 10.1. The molecule has 0 aliphatic carbocycles. The zero-order valence-electron chi connectivity index (χ0n) is 48.0. The highest BCUT2D eigenvalue weighted by molar-refractivity contribution is 5.76. The molecule has 2 atom stereocenters. The molecule has 0 aromatic rings. The smallest absolute Gasteiger partial charge is 0.305 e. The monoisotopic (exact) mass is 1000 g/mol. The Labute approximate surface area is 443 Å². The number of esters is 1. The van der Waals surface area contributed by atoms with E-state index in [1.807, 2.05) is 0 Å². The Morgan fingerprint density at radius 3 is 1.07 bits per heavy atom. The van der Waals surface area contributed by atoms with Crippen molar-refractivity contribution in [2.24, 2.45) is 0 Å². The van der Waals surface area contributed by atoms with Crippen molar-refractivity contribution in [2.75, 3.05) is 13.2 Å². The molecular weight excluding hydrogens is 875 g/mol. The van der Waals surface area contributed by atoms with E-state index in [9.17, 15) is 19.8 Å². The molecule has 2 unspecified atom stereocenters. The Hall–Kier alpha value is -1.66. The lowest BCUT2D eigenvalue weighted by atomic mass is 10.0. The molecule has 71 heavy (non-hydrogen) atoms. The van der Waals surface area contributed by atoms with Gasteiger partial charge in [-0.1, -0.05) is 308 Å². The molecule has 0 fully saturated rings. The molecule has 6 heteroatoms. The van der Waals surface area contributed by atoms with Crippen molar-refractivity contribution in [3.63, 3.8) is 0 Å².